The summed E-state index contributed by atoms with van der Waals surface area (Å²) in [5.74, 6) is -0.577. The molecule has 2 aromatic carbocycles. The van der Waals surface area contributed by atoms with Crippen molar-refractivity contribution < 1.29 is 9.59 Å². The van der Waals surface area contributed by atoms with Crippen LogP contribution in [0.2, 0.25) is 5.02 Å². The molecule has 0 aliphatic carbocycles. The Balaban J connectivity index is 1.71. The molecule has 0 aromatic heterocycles. The predicted molar refractivity (Wildman–Crippen MR) is 94.7 cm³/mol. The van der Waals surface area contributed by atoms with Crippen LogP contribution < -0.4 is 10.2 Å². The van der Waals surface area contributed by atoms with Crippen LogP contribution in [-0.2, 0) is 9.59 Å². The molecular formula is C17H14BrClN2O2. The molecule has 1 aliphatic rings. The minimum Gasteiger partial charge on any atom is -0.325 e. The van der Waals surface area contributed by atoms with Crippen molar-refractivity contribution >= 4 is 50.7 Å². The van der Waals surface area contributed by atoms with Gasteiger partial charge in [-0.3, -0.25) is 9.59 Å². The first kappa shape index (κ1) is 16.0. The molecule has 0 spiro atoms. The summed E-state index contributed by atoms with van der Waals surface area (Å²) in [7, 11) is 0. The van der Waals surface area contributed by atoms with E-state index in [1.165, 1.54) is 0 Å². The SMILES string of the molecule is O=C(Nc1ccccc1Br)[C@H]1CC(=O)N(c2ccc(Cl)cc2)C1. The van der Waals surface area contributed by atoms with Gasteiger partial charge >= 0.3 is 0 Å². The highest BCUT2D eigenvalue weighted by atomic mass is 79.9. The van der Waals surface area contributed by atoms with Gasteiger partial charge in [-0.05, 0) is 52.3 Å². The first-order valence-electron chi connectivity index (χ1n) is 7.16. The summed E-state index contributed by atoms with van der Waals surface area (Å²) >= 11 is 9.26. The Morgan fingerprint density at radius 2 is 1.87 bits per heavy atom. The fourth-order valence-corrected chi connectivity index (χ4v) is 3.06. The van der Waals surface area contributed by atoms with Crippen molar-refractivity contribution in [2.45, 2.75) is 6.42 Å². The maximum atomic E-state index is 12.4. The van der Waals surface area contributed by atoms with Crippen molar-refractivity contribution in [1.82, 2.24) is 0 Å². The van der Waals surface area contributed by atoms with Gasteiger partial charge < -0.3 is 10.2 Å². The van der Waals surface area contributed by atoms with Crippen molar-refractivity contribution in [3.05, 3.63) is 58.0 Å². The Bertz CT molecular complexity index is 749. The lowest BCUT2D eigenvalue weighted by atomic mass is 10.1. The Morgan fingerprint density at radius 1 is 1.17 bits per heavy atom. The second-order valence-corrected chi connectivity index (χ2v) is 6.64. The summed E-state index contributed by atoms with van der Waals surface area (Å²) in [5, 5.41) is 3.48. The Morgan fingerprint density at radius 3 is 2.57 bits per heavy atom. The van der Waals surface area contributed by atoms with Gasteiger partial charge in [0.25, 0.3) is 0 Å². The average Bonchev–Trinajstić information content (AvgIpc) is 2.92. The number of carbonyl (C=O) groups excluding carboxylic acids is 2. The molecule has 0 bridgehead atoms. The highest BCUT2D eigenvalue weighted by Gasteiger charge is 2.35. The van der Waals surface area contributed by atoms with Crippen molar-refractivity contribution in [3.8, 4) is 0 Å². The molecule has 0 unspecified atom stereocenters. The van der Waals surface area contributed by atoms with Crippen LogP contribution in [0.3, 0.4) is 0 Å². The van der Waals surface area contributed by atoms with Gasteiger partial charge in [-0.1, -0.05) is 23.7 Å². The molecule has 1 N–H and O–H groups in total. The maximum Gasteiger partial charge on any atom is 0.229 e. The fraction of sp³-hybridized carbons (Fsp3) is 0.176. The van der Waals surface area contributed by atoms with E-state index in [2.05, 4.69) is 21.2 Å². The molecule has 1 heterocycles. The van der Waals surface area contributed by atoms with Crippen LogP contribution in [0.25, 0.3) is 0 Å². The zero-order valence-electron chi connectivity index (χ0n) is 12.1. The van der Waals surface area contributed by atoms with Crippen LogP contribution in [0, 0.1) is 5.92 Å². The van der Waals surface area contributed by atoms with Crippen LogP contribution in [0.5, 0.6) is 0 Å². The van der Waals surface area contributed by atoms with Crippen molar-refractivity contribution in [2.24, 2.45) is 5.92 Å². The monoisotopic (exact) mass is 392 g/mol. The number of halogens is 2. The van der Waals surface area contributed by atoms with E-state index in [-0.39, 0.29) is 24.2 Å². The number of amides is 2. The van der Waals surface area contributed by atoms with E-state index < -0.39 is 0 Å². The zero-order valence-corrected chi connectivity index (χ0v) is 14.5. The van der Waals surface area contributed by atoms with E-state index in [9.17, 15) is 9.59 Å². The minimum atomic E-state index is -0.370. The lowest BCUT2D eigenvalue weighted by Crippen LogP contribution is -2.28. The lowest BCUT2D eigenvalue weighted by Gasteiger charge is -2.17. The number of hydrogen-bond acceptors (Lipinski definition) is 2. The summed E-state index contributed by atoms with van der Waals surface area (Å²) in [6, 6.07) is 14.4. The highest BCUT2D eigenvalue weighted by Crippen LogP contribution is 2.28. The van der Waals surface area contributed by atoms with Crippen LogP contribution in [0.4, 0.5) is 11.4 Å². The number of hydrogen-bond donors (Lipinski definition) is 1. The van der Waals surface area contributed by atoms with Crippen LogP contribution >= 0.6 is 27.5 Å². The Hall–Kier alpha value is -1.85. The van der Waals surface area contributed by atoms with Gasteiger partial charge in [0.2, 0.25) is 11.8 Å². The molecule has 1 saturated heterocycles. The zero-order chi connectivity index (χ0) is 16.4. The van der Waals surface area contributed by atoms with Gasteiger partial charge in [0.05, 0.1) is 11.6 Å². The molecule has 0 saturated carbocycles. The minimum absolute atomic E-state index is 0.0559. The maximum absolute atomic E-state index is 12.4. The molecule has 0 radical (unpaired) electrons. The second-order valence-electron chi connectivity index (χ2n) is 5.35. The highest BCUT2D eigenvalue weighted by molar-refractivity contribution is 9.10. The third kappa shape index (κ3) is 3.57. The molecule has 1 fully saturated rings. The average molecular weight is 394 g/mol. The Kier molecular flexibility index (Phi) is 4.68. The van der Waals surface area contributed by atoms with Crippen LogP contribution in [0.1, 0.15) is 6.42 Å². The normalized spacial score (nSPS) is 17.4. The van der Waals surface area contributed by atoms with Gasteiger partial charge in [0, 0.05) is 28.1 Å². The van der Waals surface area contributed by atoms with Gasteiger partial charge in [-0.15, -0.1) is 0 Å². The quantitative estimate of drug-likeness (QED) is 0.854. The van der Waals surface area contributed by atoms with Crippen molar-refractivity contribution in [2.75, 3.05) is 16.8 Å². The standard InChI is InChI=1S/C17H14BrClN2O2/c18-14-3-1-2-4-15(14)20-17(23)11-9-16(22)21(10-11)13-7-5-12(19)6-8-13/h1-8,11H,9-10H2,(H,20,23)/t11-/m0/s1. The second kappa shape index (κ2) is 6.72. The first-order valence-corrected chi connectivity index (χ1v) is 8.33. The van der Waals surface area contributed by atoms with Crippen molar-refractivity contribution in [3.63, 3.8) is 0 Å². The topological polar surface area (TPSA) is 49.4 Å². The number of carbonyl (C=O) groups is 2. The van der Waals surface area contributed by atoms with E-state index in [4.69, 9.17) is 11.6 Å². The van der Waals surface area contributed by atoms with Gasteiger partial charge in [0.15, 0.2) is 0 Å². The van der Waals surface area contributed by atoms with Crippen LogP contribution in [0.15, 0.2) is 53.0 Å². The molecule has 118 valence electrons. The van der Waals surface area contributed by atoms with E-state index in [1.54, 1.807) is 29.2 Å². The summed E-state index contributed by atoms with van der Waals surface area (Å²) in [5.41, 5.74) is 1.46. The molecule has 2 aromatic rings. The Labute approximate surface area is 147 Å². The molecule has 2 amide bonds. The lowest BCUT2D eigenvalue weighted by molar-refractivity contribution is -0.122. The number of nitrogens with one attached hydrogen (secondary N) is 1. The van der Waals surface area contributed by atoms with Gasteiger partial charge in [-0.2, -0.15) is 0 Å². The van der Waals surface area contributed by atoms with Gasteiger partial charge in [0.1, 0.15) is 0 Å². The third-order valence-electron chi connectivity index (χ3n) is 3.77. The number of benzene rings is 2. The first-order chi connectivity index (χ1) is 11.0. The molecule has 4 nitrogen and oxygen atoms in total. The summed E-state index contributed by atoms with van der Waals surface area (Å²) < 4.78 is 0.812. The van der Waals surface area contributed by atoms with E-state index >= 15 is 0 Å². The summed E-state index contributed by atoms with van der Waals surface area (Å²) in [6.45, 7) is 0.372. The molecule has 1 aliphatic heterocycles. The number of para-hydroxylation sites is 1. The molecule has 3 rings (SSSR count). The number of rotatable bonds is 3. The van der Waals surface area contributed by atoms with Gasteiger partial charge in [-0.25, -0.2) is 0 Å². The molecule has 1 atom stereocenters. The molecule has 23 heavy (non-hydrogen) atoms. The molecule has 6 heteroatoms. The largest absolute Gasteiger partial charge is 0.325 e. The van der Waals surface area contributed by atoms with Crippen molar-refractivity contribution in [1.29, 1.82) is 0 Å². The van der Waals surface area contributed by atoms with E-state index in [1.807, 2.05) is 24.3 Å². The summed E-state index contributed by atoms with van der Waals surface area (Å²) in [4.78, 5) is 26.2. The summed E-state index contributed by atoms with van der Waals surface area (Å²) in [6.07, 6.45) is 0.207. The van der Waals surface area contributed by atoms with E-state index in [0.717, 1.165) is 10.2 Å². The predicted octanol–water partition coefficient (Wildman–Crippen LogP) is 4.09. The molecular weight excluding hydrogens is 380 g/mol. The number of anilines is 2. The van der Waals surface area contributed by atoms with E-state index in [0.29, 0.717) is 17.3 Å². The third-order valence-corrected chi connectivity index (χ3v) is 4.71. The van der Waals surface area contributed by atoms with Crippen LogP contribution in [-0.4, -0.2) is 18.4 Å². The number of nitrogens with zero attached hydrogens (tertiary/aromatic N) is 1. The smallest absolute Gasteiger partial charge is 0.229 e. The fourth-order valence-electron chi connectivity index (χ4n) is 2.55.